The first kappa shape index (κ1) is 10.5. The van der Waals surface area contributed by atoms with E-state index in [1.165, 1.54) is 19.3 Å². The van der Waals surface area contributed by atoms with E-state index in [1.807, 2.05) is 22.9 Å². The number of fused-ring (bicyclic) bond motifs is 1. The molecule has 90 valence electrons. The molecule has 1 aliphatic carbocycles. The highest BCUT2D eigenvalue weighted by Crippen LogP contribution is 2.22. The number of nitrogen functional groups attached to an aromatic ring is 1. The third-order valence-corrected chi connectivity index (χ3v) is 3.29. The minimum atomic E-state index is 0.467. The summed E-state index contributed by atoms with van der Waals surface area (Å²) in [7, 11) is 0. The Morgan fingerprint density at radius 3 is 3.06 bits per heavy atom. The van der Waals surface area contributed by atoms with Crippen LogP contribution in [-0.4, -0.2) is 27.7 Å². The van der Waals surface area contributed by atoms with Gasteiger partial charge in [0.15, 0.2) is 0 Å². The Labute approximate surface area is 99.5 Å². The van der Waals surface area contributed by atoms with E-state index in [0.717, 1.165) is 17.6 Å². The van der Waals surface area contributed by atoms with Crippen molar-refractivity contribution in [2.24, 2.45) is 0 Å². The van der Waals surface area contributed by atoms with E-state index >= 15 is 0 Å². The van der Waals surface area contributed by atoms with Gasteiger partial charge in [0.2, 0.25) is 0 Å². The number of hydrogen-bond acceptors (Lipinski definition) is 4. The van der Waals surface area contributed by atoms with Gasteiger partial charge in [-0.15, -0.1) is 5.10 Å². The molecule has 2 aromatic rings. The highest BCUT2D eigenvalue weighted by molar-refractivity contribution is 5.86. The Kier molecular flexibility index (Phi) is 2.68. The van der Waals surface area contributed by atoms with Crippen LogP contribution in [0.2, 0.25) is 0 Å². The number of anilines is 1. The molecule has 1 aromatic heterocycles. The molecule has 5 nitrogen and oxygen atoms in total. The summed E-state index contributed by atoms with van der Waals surface area (Å²) in [5.74, 6) is 0. The number of hydrogen-bond donors (Lipinski definition) is 1. The van der Waals surface area contributed by atoms with Gasteiger partial charge in [-0.3, -0.25) is 0 Å². The maximum atomic E-state index is 5.83. The molecule has 2 N–H and O–H groups in total. The van der Waals surface area contributed by atoms with Crippen LogP contribution in [0, 0.1) is 0 Å². The van der Waals surface area contributed by atoms with Gasteiger partial charge < -0.3 is 10.5 Å². The zero-order valence-corrected chi connectivity index (χ0v) is 9.67. The number of rotatable bonds is 4. The molecule has 3 rings (SSSR count). The minimum absolute atomic E-state index is 0.467. The Balaban J connectivity index is 1.69. The summed E-state index contributed by atoms with van der Waals surface area (Å²) in [5.41, 5.74) is 8.25. The molecule has 0 aliphatic heterocycles. The van der Waals surface area contributed by atoms with Gasteiger partial charge in [-0.25, -0.2) is 4.68 Å². The van der Waals surface area contributed by atoms with Crippen LogP contribution < -0.4 is 5.73 Å². The van der Waals surface area contributed by atoms with Crippen molar-refractivity contribution in [1.82, 2.24) is 15.0 Å². The molecule has 0 bridgehead atoms. The van der Waals surface area contributed by atoms with Crippen LogP contribution >= 0.6 is 0 Å². The largest absolute Gasteiger partial charge is 0.397 e. The van der Waals surface area contributed by atoms with Crippen LogP contribution in [0.5, 0.6) is 0 Å². The SMILES string of the molecule is Nc1cccc2c1nnn2CCOC1CCC1. The van der Waals surface area contributed by atoms with E-state index in [-0.39, 0.29) is 0 Å². The van der Waals surface area contributed by atoms with E-state index in [9.17, 15) is 0 Å². The number of ether oxygens (including phenoxy) is 1. The smallest absolute Gasteiger partial charge is 0.136 e. The third-order valence-electron chi connectivity index (χ3n) is 3.29. The van der Waals surface area contributed by atoms with E-state index < -0.39 is 0 Å². The van der Waals surface area contributed by atoms with Crippen molar-refractivity contribution in [3.05, 3.63) is 18.2 Å². The molecular formula is C12H16N4O. The Morgan fingerprint density at radius 2 is 2.29 bits per heavy atom. The van der Waals surface area contributed by atoms with Crippen molar-refractivity contribution >= 4 is 16.7 Å². The van der Waals surface area contributed by atoms with Gasteiger partial charge in [-0.1, -0.05) is 11.3 Å². The van der Waals surface area contributed by atoms with E-state index in [0.29, 0.717) is 18.4 Å². The van der Waals surface area contributed by atoms with Gasteiger partial charge in [-0.2, -0.15) is 0 Å². The van der Waals surface area contributed by atoms with E-state index in [4.69, 9.17) is 10.5 Å². The molecule has 0 saturated heterocycles. The first-order valence-corrected chi connectivity index (χ1v) is 6.04. The fourth-order valence-corrected chi connectivity index (χ4v) is 2.02. The quantitative estimate of drug-likeness (QED) is 0.813. The molecule has 17 heavy (non-hydrogen) atoms. The highest BCUT2D eigenvalue weighted by atomic mass is 16.5. The highest BCUT2D eigenvalue weighted by Gasteiger charge is 2.17. The maximum absolute atomic E-state index is 5.83. The lowest BCUT2D eigenvalue weighted by Crippen LogP contribution is -2.23. The average molecular weight is 232 g/mol. The molecule has 0 atom stereocenters. The number of benzene rings is 1. The molecule has 0 spiro atoms. The molecule has 0 unspecified atom stereocenters. The molecule has 0 amide bonds. The molecule has 1 aromatic carbocycles. The first-order chi connectivity index (χ1) is 8.34. The molecular weight excluding hydrogens is 216 g/mol. The normalized spacial score (nSPS) is 16.2. The van der Waals surface area contributed by atoms with Crippen LogP contribution in [0.1, 0.15) is 19.3 Å². The van der Waals surface area contributed by atoms with Gasteiger partial charge in [0.1, 0.15) is 5.52 Å². The Morgan fingerprint density at radius 1 is 1.41 bits per heavy atom. The molecule has 1 fully saturated rings. The number of nitrogens with two attached hydrogens (primary N) is 1. The van der Waals surface area contributed by atoms with Crippen molar-refractivity contribution in [3.63, 3.8) is 0 Å². The van der Waals surface area contributed by atoms with Crippen molar-refractivity contribution in [1.29, 1.82) is 0 Å². The van der Waals surface area contributed by atoms with Crippen molar-refractivity contribution in [3.8, 4) is 0 Å². The molecule has 5 heteroatoms. The van der Waals surface area contributed by atoms with Crippen molar-refractivity contribution in [2.45, 2.75) is 31.9 Å². The lowest BCUT2D eigenvalue weighted by atomic mass is 9.96. The molecule has 1 heterocycles. The lowest BCUT2D eigenvalue weighted by Gasteiger charge is -2.25. The summed E-state index contributed by atoms with van der Waals surface area (Å²) in [6.45, 7) is 1.42. The number of aromatic nitrogens is 3. The molecule has 0 radical (unpaired) electrons. The van der Waals surface area contributed by atoms with Gasteiger partial charge in [0, 0.05) is 0 Å². The average Bonchev–Trinajstić information content (AvgIpc) is 2.67. The molecule has 1 saturated carbocycles. The second-order valence-electron chi connectivity index (χ2n) is 4.45. The number of nitrogens with zero attached hydrogens (tertiary/aromatic N) is 3. The van der Waals surface area contributed by atoms with Crippen LogP contribution in [-0.2, 0) is 11.3 Å². The van der Waals surface area contributed by atoms with Gasteiger partial charge >= 0.3 is 0 Å². The van der Waals surface area contributed by atoms with Crippen molar-refractivity contribution < 1.29 is 4.74 Å². The Bertz CT molecular complexity index is 518. The van der Waals surface area contributed by atoms with Crippen molar-refractivity contribution in [2.75, 3.05) is 12.3 Å². The summed E-state index contributed by atoms with van der Waals surface area (Å²) < 4.78 is 7.56. The van der Waals surface area contributed by atoms with Gasteiger partial charge in [-0.05, 0) is 31.4 Å². The van der Waals surface area contributed by atoms with Crippen LogP contribution in [0.3, 0.4) is 0 Å². The summed E-state index contributed by atoms with van der Waals surface area (Å²) in [4.78, 5) is 0. The van der Waals surface area contributed by atoms with E-state index in [2.05, 4.69) is 10.3 Å². The second kappa shape index (κ2) is 4.33. The summed E-state index contributed by atoms with van der Waals surface area (Å²) in [6, 6.07) is 5.74. The first-order valence-electron chi connectivity index (χ1n) is 6.04. The van der Waals surface area contributed by atoms with E-state index in [1.54, 1.807) is 0 Å². The van der Waals surface area contributed by atoms with Gasteiger partial charge in [0.25, 0.3) is 0 Å². The third kappa shape index (κ3) is 1.98. The predicted octanol–water partition coefficient (Wildman–Crippen LogP) is 1.58. The van der Waals surface area contributed by atoms with Crippen LogP contribution in [0.25, 0.3) is 11.0 Å². The summed E-state index contributed by atoms with van der Waals surface area (Å²) in [5, 5.41) is 8.19. The maximum Gasteiger partial charge on any atom is 0.136 e. The summed E-state index contributed by atoms with van der Waals surface area (Å²) >= 11 is 0. The van der Waals surface area contributed by atoms with Gasteiger partial charge in [0.05, 0.1) is 30.5 Å². The molecule has 1 aliphatic rings. The minimum Gasteiger partial charge on any atom is -0.397 e. The summed E-state index contributed by atoms with van der Waals surface area (Å²) in [6.07, 6.45) is 4.17. The Hall–Kier alpha value is -1.62. The zero-order valence-electron chi connectivity index (χ0n) is 9.67. The second-order valence-corrected chi connectivity index (χ2v) is 4.45. The monoisotopic (exact) mass is 232 g/mol. The fraction of sp³-hybridized carbons (Fsp3) is 0.500. The zero-order chi connectivity index (χ0) is 11.7. The van der Waals surface area contributed by atoms with Crippen LogP contribution in [0.15, 0.2) is 18.2 Å². The lowest BCUT2D eigenvalue weighted by molar-refractivity contribution is -0.00212. The van der Waals surface area contributed by atoms with Crippen LogP contribution in [0.4, 0.5) is 5.69 Å². The predicted molar refractivity (Wildman–Crippen MR) is 65.5 cm³/mol. The standard InChI is InChI=1S/C12H16N4O/c13-10-5-2-6-11-12(10)14-15-16(11)7-8-17-9-3-1-4-9/h2,5-6,9H,1,3-4,7-8,13H2. The fourth-order valence-electron chi connectivity index (χ4n) is 2.02. The topological polar surface area (TPSA) is 66.0 Å².